The number of furan rings is 1. The summed E-state index contributed by atoms with van der Waals surface area (Å²) in [6, 6.07) is 79.0. The van der Waals surface area contributed by atoms with E-state index in [9.17, 15) is 0 Å². The number of hydrogen-bond acceptors (Lipinski definition) is 4. The van der Waals surface area contributed by atoms with Gasteiger partial charge in [0.15, 0.2) is 17.3 Å². The molecule has 11 aromatic rings. The fraction of sp³-hybridized carbons (Fsp3) is 0. The third-order valence-corrected chi connectivity index (χ3v) is 11.8. The van der Waals surface area contributed by atoms with Gasteiger partial charge >= 0.3 is 0 Å². The van der Waals surface area contributed by atoms with Crippen molar-refractivity contribution >= 4 is 67.1 Å². The van der Waals surface area contributed by atoms with Gasteiger partial charge in [0.25, 0.3) is 0 Å². The van der Waals surface area contributed by atoms with Crippen LogP contribution in [0.2, 0.25) is 0 Å². The first kappa shape index (κ1) is 34.7. The molecule has 0 amide bonds. The van der Waals surface area contributed by atoms with Crippen LogP contribution in [0.1, 0.15) is 0 Å². The van der Waals surface area contributed by atoms with Gasteiger partial charge in [-0.15, -0.1) is 0 Å². The molecule has 1 aliphatic heterocycles. The highest BCUT2D eigenvalue weighted by Crippen LogP contribution is 2.55. The van der Waals surface area contributed by atoms with E-state index in [1.807, 2.05) is 24.3 Å². The first-order chi connectivity index (χ1) is 30.3. The van der Waals surface area contributed by atoms with Crippen LogP contribution in [0.5, 0.6) is 11.5 Å². The topological polar surface area (TPSA) is 33.8 Å². The van der Waals surface area contributed by atoms with Crippen molar-refractivity contribution < 1.29 is 9.15 Å². The van der Waals surface area contributed by atoms with E-state index >= 15 is 0 Å². The molecule has 3 heterocycles. The predicted molar refractivity (Wildman–Crippen MR) is 251 cm³/mol. The molecule has 2 aromatic heterocycles. The van der Waals surface area contributed by atoms with Gasteiger partial charge in [-0.2, -0.15) is 0 Å². The largest absolute Gasteiger partial charge is 0.456 e. The van der Waals surface area contributed by atoms with Crippen molar-refractivity contribution in [2.24, 2.45) is 0 Å². The van der Waals surface area contributed by atoms with Crippen LogP contribution in [0.4, 0.5) is 34.3 Å². The Labute approximate surface area is 353 Å². The van der Waals surface area contributed by atoms with E-state index in [0.29, 0.717) is 0 Å². The molecule has 288 valence electrons. The summed E-state index contributed by atoms with van der Waals surface area (Å²) in [6.45, 7) is 0. The average molecular weight is 784 g/mol. The molecule has 5 nitrogen and oxygen atoms in total. The first-order valence-corrected chi connectivity index (χ1v) is 20.6. The number of benzene rings is 9. The van der Waals surface area contributed by atoms with Gasteiger partial charge in [-0.1, -0.05) is 127 Å². The Morgan fingerprint density at radius 1 is 0.393 bits per heavy atom. The van der Waals surface area contributed by atoms with E-state index < -0.39 is 0 Å². The minimum atomic E-state index is 0.810. The number of nitrogens with zero attached hydrogens (tertiary/aromatic N) is 3. The fourth-order valence-corrected chi connectivity index (χ4v) is 9.00. The van der Waals surface area contributed by atoms with E-state index in [-0.39, 0.29) is 0 Å². The standard InChI is InChI=1S/C56H37N3O2/c1-3-15-38(16-4-1)45-19-7-8-20-46(45)39-27-29-41(30-28-39)57(44-35-36-48-47-21-10-13-25-52(47)60-54(48)37-44)42-31-33-43(34-32-42)59-51-24-12-14-26-53(51)61-55-49-22-9-11-23-50(49)58(56(55)59)40-17-5-2-6-18-40/h1-37H. The lowest BCUT2D eigenvalue weighted by atomic mass is 9.94. The molecule has 0 unspecified atom stereocenters. The van der Waals surface area contributed by atoms with Crippen LogP contribution < -0.4 is 14.5 Å². The number of fused-ring (bicyclic) bond motifs is 7. The number of para-hydroxylation sites is 5. The molecule has 0 fully saturated rings. The second kappa shape index (κ2) is 14.2. The number of anilines is 6. The molecule has 9 aromatic carbocycles. The monoisotopic (exact) mass is 783 g/mol. The Morgan fingerprint density at radius 3 is 1.74 bits per heavy atom. The lowest BCUT2D eigenvalue weighted by Crippen LogP contribution is -2.18. The zero-order chi connectivity index (χ0) is 40.3. The maximum atomic E-state index is 6.77. The number of ether oxygens (including phenoxy) is 1. The Hall–Kier alpha value is -8.28. The van der Waals surface area contributed by atoms with Gasteiger partial charge in [0.2, 0.25) is 0 Å². The molecular weight excluding hydrogens is 747 g/mol. The van der Waals surface area contributed by atoms with Crippen LogP contribution in [-0.2, 0) is 0 Å². The summed E-state index contributed by atoms with van der Waals surface area (Å²) in [5, 5.41) is 3.26. The zero-order valence-corrected chi connectivity index (χ0v) is 33.0. The number of aromatic nitrogens is 1. The maximum Gasteiger partial charge on any atom is 0.178 e. The summed E-state index contributed by atoms with van der Waals surface area (Å²) in [5.74, 6) is 2.60. The minimum Gasteiger partial charge on any atom is -0.456 e. The molecule has 61 heavy (non-hydrogen) atoms. The van der Waals surface area contributed by atoms with Gasteiger partial charge in [-0.05, 0) is 113 Å². The second-order valence-corrected chi connectivity index (χ2v) is 15.3. The van der Waals surface area contributed by atoms with Crippen molar-refractivity contribution in [3.8, 4) is 39.4 Å². The van der Waals surface area contributed by atoms with Gasteiger partial charge in [0.05, 0.1) is 11.2 Å². The van der Waals surface area contributed by atoms with E-state index in [2.05, 4.69) is 215 Å². The van der Waals surface area contributed by atoms with E-state index in [1.54, 1.807) is 0 Å². The van der Waals surface area contributed by atoms with Gasteiger partial charge in [0, 0.05) is 50.7 Å². The Bertz CT molecular complexity index is 3390. The predicted octanol–water partition coefficient (Wildman–Crippen LogP) is 15.9. The third-order valence-electron chi connectivity index (χ3n) is 11.8. The van der Waals surface area contributed by atoms with Crippen molar-refractivity contribution in [1.82, 2.24) is 4.57 Å². The molecule has 0 N–H and O–H groups in total. The van der Waals surface area contributed by atoms with E-state index in [1.165, 1.54) is 16.7 Å². The van der Waals surface area contributed by atoms with Crippen molar-refractivity contribution in [3.05, 3.63) is 224 Å². The summed E-state index contributed by atoms with van der Waals surface area (Å²) in [4.78, 5) is 4.64. The molecule has 0 spiro atoms. The minimum absolute atomic E-state index is 0.810. The Balaban J connectivity index is 1.00. The van der Waals surface area contributed by atoms with Crippen molar-refractivity contribution in [1.29, 1.82) is 0 Å². The molecule has 0 saturated heterocycles. The zero-order valence-electron chi connectivity index (χ0n) is 33.0. The molecule has 0 radical (unpaired) electrons. The highest BCUT2D eigenvalue weighted by atomic mass is 16.5. The quantitative estimate of drug-likeness (QED) is 0.161. The Kier molecular flexibility index (Phi) is 8.10. The highest BCUT2D eigenvalue weighted by Gasteiger charge is 2.33. The highest BCUT2D eigenvalue weighted by molar-refractivity contribution is 6.06. The third kappa shape index (κ3) is 5.78. The van der Waals surface area contributed by atoms with Gasteiger partial charge in [-0.25, -0.2) is 0 Å². The second-order valence-electron chi connectivity index (χ2n) is 15.3. The van der Waals surface area contributed by atoms with Crippen LogP contribution in [0.3, 0.4) is 0 Å². The summed E-state index contributed by atoms with van der Waals surface area (Å²) in [7, 11) is 0. The van der Waals surface area contributed by atoms with Crippen LogP contribution in [-0.4, -0.2) is 4.57 Å². The van der Waals surface area contributed by atoms with E-state index in [0.717, 1.165) is 89.8 Å². The first-order valence-electron chi connectivity index (χ1n) is 20.6. The molecule has 12 rings (SSSR count). The van der Waals surface area contributed by atoms with Crippen LogP contribution in [0.25, 0.3) is 60.8 Å². The van der Waals surface area contributed by atoms with Gasteiger partial charge in [0.1, 0.15) is 11.2 Å². The lowest BCUT2D eigenvalue weighted by Gasteiger charge is -2.33. The molecular formula is C56H37N3O2. The molecule has 0 saturated carbocycles. The SMILES string of the molecule is c1ccc(-c2ccccc2-c2ccc(N(c3ccc(N4c5ccccc5Oc5c4n(-c4ccccc4)c4ccccc54)cc3)c3ccc4c(c3)oc3ccccc34)cc2)cc1. The summed E-state index contributed by atoms with van der Waals surface area (Å²) < 4.78 is 15.5. The molecule has 0 aliphatic carbocycles. The van der Waals surface area contributed by atoms with Crippen LogP contribution >= 0.6 is 0 Å². The van der Waals surface area contributed by atoms with Gasteiger partial charge < -0.3 is 14.1 Å². The summed E-state index contributed by atoms with van der Waals surface area (Å²) >= 11 is 0. The normalized spacial score (nSPS) is 12.0. The molecule has 0 bridgehead atoms. The van der Waals surface area contributed by atoms with Crippen LogP contribution in [0, 0.1) is 0 Å². The van der Waals surface area contributed by atoms with Gasteiger partial charge in [-0.3, -0.25) is 9.47 Å². The van der Waals surface area contributed by atoms with Crippen molar-refractivity contribution in [2.45, 2.75) is 0 Å². The number of rotatable bonds is 7. The molecule has 0 atom stereocenters. The van der Waals surface area contributed by atoms with Crippen LogP contribution in [0.15, 0.2) is 229 Å². The molecule has 5 heteroatoms. The fourth-order valence-electron chi connectivity index (χ4n) is 9.00. The van der Waals surface area contributed by atoms with E-state index in [4.69, 9.17) is 9.15 Å². The van der Waals surface area contributed by atoms with Crippen molar-refractivity contribution in [2.75, 3.05) is 9.80 Å². The average Bonchev–Trinajstić information content (AvgIpc) is 3.87. The number of hydrogen-bond donors (Lipinski definition) is 0. The van der Waals surface area contributed by atoms with Crippen molar-refractivity contribution in [3.63, 3.8) is 0 Å². The maximum absolute atomic E-state index is 6.77. The smallest absolute Gasteiger partial charge is 0.178 e. The summed E-state index contributed by atoms with van der Waals surface area (Å²) in [6.07, 6.45) is 0. The summed E-state index contributed by atoms with van der Waals surface area (Å²) in [5.41, 5.74) is 13.7. The lowest BCUT2D eigenvalue weighted by molar-refractivity contribution is 0.481. The Morgan fingerprint density at radius 2 is 0.967 bits per heavy atom. The molecule has 1 aliphatic rings.